The van der Waals surface area contributed by atoms with E-state index in [2.05, 4.69) is 12.1 Å². The lowest BCUT2D eigenvalue weighted by atomic mass is 9.83. The number of carbonyl (C=O) groups excluding carboxylic acids is 1. The Labute approximate surface area is 114 Å². The summed E-state index contributed by atoms with van der Waals surface area (Å²) in [5, 5.41) is 0. The number of esters is 1. The number of allylic oxidation sites excluding steroid dienone is 1. The predicted molar refractivity (Wildman–Crippen MR) is 75.0 cm³/mol. The zero-order valence-electron chi connectivity index (χ0n) is 11.6. The van der Waals surface area contributed by atoms with Crippen molar-refractivity contribution in [2.24, 2.45) is 5.41 Å². The van der Waals surface area contributed by atoms with Crippen molar-refractivity contribution in [1.82, 2.24) is 4.90 Å². The Kier molecular flexibility index (Phi) is 3.74. The van der Waals surface area contributed by atoms with E-state index in [0.717, 1.165) is 6.54 Å². The summed E-state index contributed by atoms with van der Waals surface area (Å²) in [4.78, 5) is 13.8. The van der Waals surface area contributed by atoms with Gasteiger partial charge in [0.15, 0.2) is 0 Å². The highest BCUT2D eigenvalue weighted by atomic mass is 16.5. The van der Waals surface area contributed by atoms with Crippen LogP contribution in [0.4, 0.5) is 0 Å². The molecule has 3 heteroatoms. The van der Waals surface area contributed by atoms with E-state index >= 15 is 0 Å². The van der Waals surface area contributed by atoms with E-state index < -0.39 is 0 Å². The first-order valence-electron chi connectivity index (χ1n) is 6.32. The van der Waals surface area contributed by atoms with Crippen LogP contribution in [0.5, 0.6) is 0 Å². The Bertz CT molecular complexity index is 515. The highest BCUT2D eigenvalue weighted by Gasteiger charge is 2.30. The van der Waals surface area contributed by atoms with Gasteiger partial charge in [0.05, 0.1) is 12.7 Å². The number of carbonyl (C=O) groups is 1. The third-order valence-electron chi connectivity index (χ3n) is 3.29. The molecule has 1 aliphatic heterocycles. The van der Waals surface area contributed by atoms with Gasteiger partial charge >= 0.3 is 5.97 Å². The number of rotatable bonds is 3. The van der Waals surface area contributed by atoms with Gasteiger partial charge in [0.1, 0.15) is 0 Å². The van der Waals surface area contributed by atoms with Gasteiger partial charge in [-0.25, -0.2) is 4.79 Å². The molecule has 0 atom stereocenters. The SMILES string of the molecule is COC(=O)C1=CN(Cc2ccccc2)C=CC1(C)C. The maximum Gasteiger partial charge on any atom is 0.336 e. The van der Waals surface area contributed by atoms with Crippen LogP contribution in [0, 0.1) is 5.41 Å². The van der Waals surface area contributed by atoms with Gasteiger partial charge in [-0.3, -0.25) is 0 Å². The highest BCUT2D eigenvalue weighted by Crippen LogP contribution is 2.33. The smallest absolute Gasteiger partial charge is 0.336 e. The van der Waals surface area contributed by atoms with E-state index in [1.54, 1.807) is 0 Å². The number of methoxy groups -OCH3 is 1. The van der Waals surface area contributed by atoms with Crippen LogP contribution in [-0.2, 0) is 16.1 Å². The maximum absolute atomic E-state index is 11.8. The van der Waals surface area contributed by atoms with E-state index in [1.165, 1.54) is 12.7 Å². The molecule has 2 rings (SSSR count). The molecule has 3 nitrogen and oxygen atoms in total. The van der Waals surface area contributed by atoms with Crippen molar-refractivity contribution in [2.75, 3.05) is 7.11 Å². The van der Waals surface area contributed by atoms with Crippen molar-refractivity contribution >= 4 is 5.97 Å². The normalized spacial score (nSPS) is 17.0. The fraction of sp³-hybridized carbons (Fsp3) is 0.312. The molecule has 1 aliphatic rings. The van der Waals surface area contributed by atoms with E-state index in [9.17, 15) is 4.79 Å². The van der Waals surface area contributed by atoms with Gasteiger partial charge in [0.25, 0.3) is 0 Å². The molecule has 0 unspecified atom stereocenters. The highest BCUT2D eigenvalue weighted by molar-refractivity contribution is 5.90. The van der Waals surface area contributed by atoms with Gasteiger partial charge in [0.2, 0.25) is 0 Å². The molecule has 1 heterocycles. The van der Waals surface area contributed by atoms with Crippen molar-refractivity contribution in [3.63, 3.8) is 0 Å². The van der Waals surface area contributed by atoms with E-state index in [1.807, 2.05) is 55.4 Å². The second-order valence-electron chi connectivity index (χ2n) is 5.23. The average Bonchev–Trinajstić information content (AvgIpc) is 2.41. The fourth-order valence-electron chi connectivity index (χ4n) is 2.07. The largest absolute Gasteiger partial charge is 0.466 e. The van der Waals surface area contributed by atoms with Gasteiger partial charge in [-0.2, -0.15) is 0 Å². The topological polar surface area (TPSA) is 29.5 Å². The third-order valence-corrected chi connectivity index (χ3v) is 3.29. The Morgan fingerprint density at radius 1 is 1.26 bits per heavy atom. The number of ether oxygens (including phenoxy) is 1. The molecule has 0 fully saturated rings. The molecule has 0 bridgehead atoms. The number of benzene rings is 1. The predicted octanol–water partition coefficient (Wildman–Crippen LogP) is 3.10. The van der Waals surface area contributed by atoms with E-state index in [-0.39, 0.29) is 11.4 Å². The van der Waals surface area contributed by atoms with E-state index in [4.69, 9.17) is 4.74 Å². The molecule has 0 saturated carbocycles. The first-order valence-corrected chi connectivity index (χ1v) is 6.32. The number of hydrogen-bond acceptors (Lipinski definition) is 3. The molecule has 19 heavy (non-hydrogen) atoms. The van der Waals surface area contributed by atoms with Crippen LogP contribution in [0.25, 0.3) is 0 Å². The van der Waals surface area contributed by atoms with Crippen molar-refractivity contribution < 1.29 is 9.53 Å². The molecule has 1 aromatic rings. The zero-order valence-corrected chi connectivity index (χ0v) is 11.6. The van der Waals surface area contributed by atoms with Crippen LogP contribution in [0.2, 0.25) is 0 Å². The number of nitrogens with zero attached hydrogens (tertiary/aromatic N) is 1. The molecular formula is C16H19NO2. The van der Waals surface area contributed by atoms with Crippen molar-refractivity contribution in [2.45, 2.75) is 20.4 Å². The monoisotopic (exact) mass is 257 g/mol. The summed E-state index contributed by atoms with van der Waals surface area (Å²) in [6.45, 7) is 4.76. The van der Waals surface area contributed by atoms with Gasteiger partial charge in [-0.1, -0.05) is 50.3 Å². The molecule has 0 aliphatic carbocycles. The molecule has 0 spiro atoms. The molecule has 0 radical (unpaired) electrons. The Balaban J connectivity index is 2.20. The molecule has 0 saturated heterocycles. The standard InChI is InChI=1S/C16H19NO2/c1-16(2)9-10-17(12-14(16)15(18)19-3)11-13-7-5-4-6-8-13/h4-10,12H,11H2,1-3H3. The van der Waals surface area contributed by atoms with Crippen LogP contribution in [-0.4, -0.2) is 18.0 Å². The average molecular weight is 257 g/mol. The van der Waals surface area contributed by atoms with Gasteiger partial charge in [-0.05, 0) is 5.56 Å². The second-order valence-corrected chi connectivity index (χ2v) is 5.23. The van der Waals surface area contributed by atoms with Crippen LogP contribution in [0.1, 0.15) is 19.4 Å². The van der Waals surface area contributed by atoms with Gasteiger partial charge < -0.3 is 9.64 Å². The van der Waals surface area contributed by atoms with Crippen LogP contribution in [0.15, 0.2) is 54.4 Å². The van der Waals surface area contributed by atoms with Crippen molar-refractivity contribution in [3.8, 4) is 0 Å². The van der Waals surface area contributed by atoms with Crippen LogP contribution < -0.4 is 0 Å². The maximum atomic E-state index is 11.8. The Hall–Kier alpha value is -2.03. The minimum Gasteiger partial charge on any atom is -0.466 e. The minimum atomic E-state index is -0.291. The lowest BCUT2D eigenvalue weighted by Gasteiger charge is -2.30. The summed E-state index contributed by atoms with van der Waals surface area (Å²) in [6.07, 6.45) is 5.92. The lowest BCUT2D eigenvalue weighted by Crippen LogP contribution is -2.27. The molecule has 0 aromatic heterocycles. The molecule has 0 N–H and O–H groups in total. The Morgan fingerprint density at radius 3 is 2.58 bits per heavy atom. The lowest BCUT2D eigenvalue weighted by molar-refractivity contribution is -0.137. The number of hydrogen-bond donors (Lipinski definition) is 0. The first kappa shape index (κ1) is 13.4. The summed E-state index contributed by atoms with van der Waals surface area (Å²) < 4.78 is 4.86. The second kappa shape index (κ2) is 5.31. The molecular weight excluding hydrogens is 238 g/mol. The molecule has 1 aromatic carbocycles. The van der Waals surface area contributed by atoms with Crippen molar-refractivity contribution in [3.05, 3.63) is 59.9 Å². The molecule has 100 valence electrons. The minimum absolute atomic E-state index is 0.271. The fourth-order valence-corrected chi connectivity index (χ4v) is 2.07. The summed E-state index contributed by atoms with van der Waals surface area (Å²) in [6, 6.07) is 10.2. The van der Waals surface area contributed by atoms with E-state index in [0.29, 0.717) is 5.57 Å². The van der Waals surface area contributed by atoms with Crippen molar-refractivity contribution in [1.29, 1.82) is 0 Å². The van der Waals surface area contributed by atoms with Crippen LogP contribution in [0.3, 0.4) is 0 Å². The quantitative estimate of drug-likeness (QED) is 0.779. The summed E-state index contributed by atoms with van der Waals surface area (Å²) in [7, 11) is 1.42. The summed E-state index contributed by atoms with van der Waals surface area (Å²) >= 11 is 0. The first-order chi connectivity index (χ1) is 9.03. The summed E-state index contributed by atoms with van der Waals surface area (Å²) in [5.74, 6) is -0.271. The third kappa shape index (κ3) is 3.05. The van der Waals surface area contributed by atoms with Gasteiger partial charge in [-0.15, -0.1) is 0 Å². The molecule has 0 amide bonds. The van der Waals surface area contributed by atoms with Crippen LogP contribution >= 0.6 is 0 Å². The zero-order chi connectivity index (χ0) is 13.9. The van der Waals surface area contributed by atoms with Gasteiger partial charge in [0, 0.05) is 24.4 Å². The summed E-state index contributed by atoms with van der Waals surface area (Å²) in [5.41, 5.74) is 1.58. The Morgan fingerprint density at radius 2 is 1.95 bits per heavy atom.